The SMILES string of the molecule is Cc1nc(N[C@H]2CN(C(=O)OC(C)(C)C)CCC2(F)F)nnc1Cl. The molecule has 10 heteroatoms. The number of halogens is 3. The summed E-state index contributed by atoms with van der Waals surface area (Å²) in [7, 11) is 0. The number of hydrogen-bond donors (Lipinski definition) is 1. The highest BCUT2D eigenvalue weighted by Gasteiger charge is 2.46. The molecular weight excluding hydrogens is 344 g/mol. The predicted molar refractivity (Wildman–Crippen MR) is 84.4 cm³/mol. The summed E-state index contributed by atoms with van der Waals surface area (Å²) in [5.74, 6) is -3.08. The minimum absolute atomic E-state index is 0.0624. The average Bonchev–Trinajstić information content (AvgIpc) is 2.43. The summed E-state index contributed by atoms with van der Waals surface area (Å²) in [6.07, 6.45) is -1.11. The topological polar surface area (TPSA) is 80.2 Å². The number of carbonyl (C=O) groups excluding carboxylic acids is 1. The van der Waals surface area contributed by atoms with Gasteiger partial charge in [-0.3, -0.25) is 0 Å². The number of likely N-dealkylation sites (tertiary alicyclic amines) is 1. The van der Waals surface area contributed by atoms with Crippen LogP contribution in [0.15, 0.2) is 0 Å². The fourth-order valence-corrected chi connectivity index (χ4v) is 2.24. The van der Waals surface area contributed by atoms with Crippen LogP contribution in [-0.2, 0) is 4.74 Å². The van der Waals surface area contributed by atoms with Crippen LogP contribution in [0.3, 0.4) is 0 Å². The number of aromatic nitrogens is 3. The molecule has 1 amide bonds. The van der Waals surface area contributed by atoms with Gasteiger partial charge >= 0.3 is 6.09 Å². The maximum Gasteiger partial charge on any atom is 0.410 e. The Labute approximate surface area is 143 Å². The molecule has 1 atom stereocenters. The van der Waals surface area contributed by atoms with E-state index in [1.807, 2.05) is 0 Å². The van der Waals surface area contributed by atoms with Gasteiger partial charge in [0.05, 0.1) is 12.2 Å². The highest BCUT2D eigenvalue weighted by molar-refractivity contribution is 6.29. The smallest absolute Gasteiger partial charge is 0.410 e. The van der Waals surface area contributed by atoms with Crippen molar-refractivity contribution in [1.29, 1.82) is 0 Å². The second-order valence-electron chi connectivity index (χ2n) is 6.65. The summed E-state index contributed by atoms with van der Waals surface area (Å²) < 4.78 is 33.6. The minimum Gasteiger partial charge on any atom is -0.444 e. The lowest BCUT2D eigenvalue weighted by Crippen LogP contribution is -2.56. The number of hydrogen-bond acceptors (Lipinski definition) is 6. The van der Waals surface area contributed by atoms with Crippen LogP contribution >= 0.6 is 11.6 Å². The summed E-state index contributed by atoms with van der Waals surface area (Å²) >= 11 is 5.72. The molecule has 1 aliphatic heterocycles. The third kappa shape index (κ3) is 4.62. The Morgan fingerprint density at radius 3 is 2.67 bits per heavy atom. The summed E-state index contributed by atoms with van der Waals surface area (Å²) in [4.78, 5) is 17.3. The van der Waals surface area contributed by atoms with Gasteiger partial charge in [0.2, 0.25) is 5.95 Å². The minimum atomic E-state index is -3.02. The van der Waals surface area contributed by atoms with Crippen LogP contribution in [0.2, 0.25) is 5.15 Å². The molecule has 0 aliphatic carbocycles. The lowest BCUT2D eigenvalue weighted by Gasteiger charge is -2.38. The van der Waals surface area contributed by atoms with Gasteiger partial charge in [-0.15, -0.1) is 10.2 Å². The van der Waals surface area contributed by atoms with E-state index in [4.69, 9.17) is 16.3 Å². The maximum atomic E-state index is 14.2. The quantitative estimate of drug-likeness (QED) is 0.870. The fourth-order valence-electron chi connectivity index (χ4n) is 2.15. The number of carbonyl (C=O) groups is 1. The molecule has 1 aromatic rings. The highest BCUT2D eigenvalue weighted by Crippen LogP contribution is 2.31. The number of nitrogens with one attached hydrogen (secondary N) is 1. The second-order valence-corrected chi connectivity index (χ2v) is 7.00. The van der Waals surface area contributed by atoms with Gasteiger partial charge in [-0.1, -0.05) is 11.6 Å². The molecule has 0 radical (unpaired) electrons. The van der Waals surface area contributed by atoms with E-state index in [-0.39, 0.29) is 24.2 Å². The number of aryl methyl sites for hydroxylation is 1. The van der Waals surface area contributed by atoms with Crippen LogP contribution in [-0.4, -0.2) is 56.8 Å². The van der Waals surface area contributed by atoms with E-state index >= 15 is 0 Å². The first-order chi connectivity index (χ1) is 11.0. The number of alkyl halides is 2. The molecule has 1 saturated heterocycles. The highest BCUT2D eigenvalue weighted by atomic mass is 35.5. The molecule has 1 fully saturated rings. The zero-order chi connectivity index (χ0) is 18.1. The first-order valence-electron chi connectivity index (χ1n) is 7.47. The van der Waals surface area contributed by atoms with Crippen molar-refractivity contribution in [2.75, 3.05) is 18.4 Å². The molecular formula is C14H20ClF2N5O2. The van der Waals surface area contributed by atoms with E-state index in [2.05, 4.69) is 20.5 Å². The second kappa shape index (κ2) is 6.62. The number of amides is 1. The van der Waals surface area contributed by atoms with Gasteiger partial charge in [0.1, 0.15) is 11.6 Å². The molecule has 0 unspecified atom stereocenters. The number of rotatable bonds is 2. The van der Waals surface area contributed by atoms with Crippen LogP contribution < -0.4 is 5.32 Å². The van der Waals surface area contributed by atoms with Gasteiger partial charge in [-0.05, 0) is 27.7 Å². The Morgan fingerprint density at radius 2 is 2.08 bits per heavy atom. The summed E-state index contributed by atoms with van der Waals surface area (Å²) in [5, 5.41) is 9.94. The number of piperidine rings is 1. The van der Waals surface area contributed by atoms with Crippen molar-refractivity contribution in [3.8, 4) is 0 Å². The molecule has 134 valence electrons. The monoisotopic (exact) mass is 363 g/mol. The Bertz CT molecular complexity index is 624. The van der Waals surface area contributed by atoms with E-state index in [0.717, 1.165) is 0 Å². The zero-order valence-electron chi connectivity index (χ0n) is 13.9. The van der Waals surface area contributed by atoms with Crippen molar-refractivity contribution >= 4 is 23.6 Å². The van der Waals surface area contributed by atoms with Crippen molar-refractivity contribution in [1.82, 2.24) is 20.1 Å². The van der Waals surface area contributed by atoms with E-state index in [9.17, 15) is 13.6 Å². The molecule has 0 bridgehead atoms. The van der Waals surface area contributed by atoms with Gasteiger partial charge in [-0.2, -0.15) is 0 Å². The lowest BCUT2D eigenvalue weighted by atomic mass is 10.0. The third-order valence-electron chi connectivity index (χ3n) is 3.39. The summed E-state index contributed by atoms with van der Waals surface area (Å²) in [5.41, 5.74) is -0.322. The molecule has 2 rings (SSSR count). The van der Waals surface area contributed by atoms with E-state index in [1.165, 1.54) is 4.90 Å². The van der Waals surface area contributed by atoms with Crippen LogP contribution in [0.4, 0.5) is 19.5 Å². The van der Waals surface area contributed by atoms with Gasteiger partial charge < -0.3 is 15.0 Å². The van der Waals surface area contributed by atoms with Gasteiger partial charge in [-0.25, -0.2) is 18.6 Å². The van der Waals surface area contributed by atoms with Crippen molar-refractivity contribution in [3.05, 3.63) is 10.8 Å². The maximum absolute atomic E-state index is 14.2. The number of anilines is 1. The van der Waals surface area contributed by atoms with E-state index < -0.39 is 30.1 Å². The predicted octanol–water partition coefficient (Wildman–Crippen LogP) is 2.89. The Hall–Kier alpha value is -1.77. The molecule has 24 heavy (non-hydrogen) atoms. The summed E-state index contributed by atoms with van der Waals surface area (Å²) in [6.45, 7) is 6.43. The summed E-state index contributed by atoms with van der Waals surface area (Å²) in [6, 6.07) is -1.35. The third-order valence-corrected chi connectivity index (χ3v) is 3.74. The van der Waals surface area contributed by atoms with Crippen molar-refractivity contribution in [2.24, 2.45) is 0 Å². The van der Waals surface area contributed by atoms with Gasteiger partial charge in [0, 0.05) is 13.0 Å². The fraction of sp³-hybridized carbons (Fsp3) is 0.714. The average molecular weight is 364 g/mol. The standard InChI is InChI=1S/C14H20ClF2N5O2/c1-8-10(15)20-21-11(18-8)19-9-7-22(6-5-14(9,16)17)12(23)24-13(2,3)4/h9H,5-7H2,1-4H3,(H,18,19,21)/t9-/m0/s1. The van der Waals surface area contributed by atoms with Crippen molar-refractivity contribution in [3.63, 3.8) is 0 Å². The van der Waals surface area contributed by atoms with E-state index in [1.54, 1.807) is 27.7 Å². The van der Waals surface area contributed by atoms with Crippen LogP contribution in [0.25, 0.3) is 0 Å². The van der Waals surface area contributed by atoms with E-state index in [0.29, 0.717) is 5.69 Å². The van der Waals surface area contributed by atoms with Crippen LogP contribution in [0.1, 0.15) is 32.9 Å². The van der Waals surface area contributed by atoms with Gasteiger partial charge in [0.25, 0.3) is 5.92 Å². The van der Waals surface area contributed by atoms with Crippen molar-refractivity contribution < 1.29 is 18.3 Å². The Morgan fingerprint density at radius 1 is 1.42 bits per heavy atom. The molecule has 7 nitrogen and oxygen atoms in total. The molecule has 1 aliphatic rings. The molecule has 0 saturated carbocycles. The lowest BCUT2D eigenvalue weighted by molar-refractivity contribution is -0.0685. The molecule has 2 heterocycles. The largest absolute Gasteiger partial charge is 0.444 e. The van der Waals surface area contributed by atoms with Crippen LogP contribution in [0, 0.1) is 6.92 Å². The van der Waals surface area contributed by atoms with Crippen molar-refractivity contribution in [2.45, 2.75) is 51.7 Å². The molecule has 1 N–H and O–H groups in total. The normalized spacial score (nSPS) is 20.6. The zero-order valence-corrected chi connectivity index (χ0v) is 14.7. The Kier molecular flexibility index (Phi) is 5.12. The first kappa shape index (κ1) is 18.6. The number of ether oxygens (including phenoxy) is 1. The molecule has 0 aromatic carbocycles. The van der Waals surface area contributed by atoms with Crippen LogP contribution in [0.5, 0.6) is 0 Å². The first-order valence-corrected chi connectivity index (χ1v) is 7.85. The van der Waals surface area contributed by atoms with Gasteiger partial charge in [0.15, 0.2) is 5.15 Å². The molecule has 0 spiro atoms. The Balaban J connectivity index is 2.11. The number of nitrogens with zero attached hydrogens (tertiary/aromatic N) is 4. The molecule has 1 aromatic heterocycles.